The van der Waals surface area contributed by atoms with E-state index in [4.69, 9.17) is 0 Å². The number of carbonyl (C=O) groups is 3. The molecule has 3 N–H and O–H groups in total. The molecule has 2 atom stereocenters. The Hall–Kier alpha value is -2.90. The lowest BCUT2D eigenvalue weighted by molar-refractivity contribution is -0.138. The fourth-order valence-electron chi connectivity index (χ4n) is 2.48. The molecular formula is C18H24N4O4. The number of carboxylic acids is 1. The third-order valence-electron chi connectivity index (χ3n) is 3.72. The zero-order chi connectivity index (χ0) is 19.5. The van der Waals surface area contributed by atoms with Crippen LogP contribution in [-0.4, -0.2) is 46.2 Å². The van der Waals surface area contributed by atoms with E-state index in [1.807, 2.05) is 26.8 Å². The van der Waals surface area contributed by atoms with E-state index in [0.717, 1.165) is 0 Å². The highest BCUT2D eigenvalue weighted by Crippen LogP contribution is 2.24. The molecule has 0 fully saturated rings. The third kappa shape index (κ3) is 4.81. The van der Waals surface area contributed by atoms with Crippen molar-refractivity contribution in [3.05, 3.63) is 30.3 Å². The van der Waals surface area contributed by atoms with Crippen molar-refractivity contribution >= 4 is 29.2 Å². The van der Waals surface area contributed by atoms with Crippen LogP contribution in [-0.2, 0) is 14.4 Å². The molecule has 0 saturated carbocycles. The van der Waals surface area contributed by atoms with Gasteiger partial charge in [-0.2, -0.15) is 5.10 Å². The Bertz CT molecular complexity index is 724. The van der Waals surface area contributed by atoms with Crippen molar-refractivity contribution in [2.75, 3.05) is 5.01 Å². The van der Waals surface area contributed by atoms with Crippen LogP contribution in [0.2, 0.25) is 0 Å². The number of aliphatic carboxylic acids is 1. The monoisotopic (exact) mass is 360 g/mol. The number of para-hydroxylation sites is 1. The van der Waals surface area contributed by atoms with Gasteiger partial charge in [-0.05, 0) is 39.8 Å². The summed E-state index contributed by atoms with van der Waals surface area (Å²) in [6.07, 6.45) is -0.0380. The van der Waals surface area contributed by atoms with Gasteiger partial charge >= 0.3 is 5.97 Å². The quantitative estimate of drug-likeness (QED) is 0.729. The minimum absolute atomic E-state index is 0.0380. The van der Waals surface area contributed by atoms with Crippen molar-refractivity contribution in [2.45, 2.75) is 51.7 Å². The van der Waals surface area contributed by atoms with E-state index in [1.54, 1.807) is 31.2 Å². The molecule has 26 heavy (non-hydrogen) atoms. The maximum Gasteiger partial charge on any atom is 0.328 e. The van der Waals surface area contributed by atoms with Gasteiger partial charge in [0.1, 0.15) is 11.8 Å². The number of amides is 2. The zero-order valence-electron chi connectivity index (χ0n) is 15.3. The van der Waals surface area contributed by atoms with Crippen molar-refractivity contribution in [1.82, 2.24) is 10.6 Å². The minimum atomic E-state index is -1.07. The van der Waals surface area contributed by atoms with Gasteiger partial charge < -0.3 is 15.7 Å². The maximum atomic E-state index is 12.4. The van der Waals surface area contributed by atoms with E-state index >= 15 is 0 Å². The van der Waals surface area contributed by atoms with Crippen molar-refractivity contribution in [3.63, 3.8) is 0 Å². The van der Waals surface area contributed by atoms with Crippen molar-refractivity contribution in [2.24, 2.45) is 5.10 Å². The van der Waals surface area contributed by atoms with Crippen LogP contribution in [0, 0.1) is 0 Å². The summed E-state index contributed by atoms with van der Waals surface area (Å²) >= 11 is 0. The lowest BCUT2D eigenvalue weighted by Crippen LogP contribution is -2.51. The molecule has 0 bridgehead atoms. The number of rotatable bonds is 5. The third-order valence-corrected chi connectivity index (χ3v) is 3.72. The highest BCUT2D eigenvalue weighted by Gasteiger charge is 2.36. The molecule has 1 aliphatic heterocycles. The Labute approximate surface area is 152 Å². The lowest BCUT2D eigenvalue weighted by Gasteiger charge is -2.23. The molecule has 1 aliphatic rings. The van der Waals surface area contributed by atoms with Crippen LogP contribution in [0.1, 0.15) is 34.1 Å². The summed E-state index contributed by atoms with van der Waals surface area (Å²) in [4.78, 5) is 36.1. The van der Waals surface area contributed by atoms with Crippen molar-refractivity contribution in [3.8, 4) is 0 Å². The molecule has 2 amide bonds. The number of nitrogens with one attached hydrogen (secondary N) is 2. The molecule has 0 spiro atoms. The molecule has 2 rings (SSSR count). The average Bonchev–Trinajstić information content (AvgIpc) is 2.99. The first-order valence-corrected chi connectivity index (χ1v) is 8.36. The molecule has 140 valence electrons. The SMILES string of the molecule is CC(NC(=O)C1=NN(c2ccccc2)C(C(=O)O)C1)C(=O)NC(C)(C)C. The van der Waals surface area contributed by atoms with Crippen LogP contribution in [0.15, 0.2) is 35.4 Å². The smallest absolute Gasteiger partial charge is 0.328 e. The van der Waals surface area contributed by atoms with Gasteiger partial charge in [0.15, 0.2) is 6.04 Å². The number of hydrogen-bond acceptors (Lipinski definition) is 5. The van der Waals surface area contributed by atoms with Gasteiger partial charge in [-0.15, -0.1) is 0 Å². The van der Waals surface area contributed by atoms with Crippen LogP contribution in [0.4, 0.5) is 5.69 Å². The predicted molar refractivity (Wildman–Crippen MR) is 97.9 cm³/mol. The second-order valence-electron chi connectivity index (χ2n) is 7.22. The molecule has 0 radical (unpaired) electrons. The average molecular weight is 360 g/mol. The fourth-order valence-corrected chi connectivity index (χ4v) is 2.48. The Morgan fingerprint density at radius 3 is 2.38 bits per heavy atom. The highest BCUT2D eigenvalue weighted by atomic mass is 16.4. The predicted octanol–water partition coefficient (Wildman–Crippen LogP) is 1.13. The van der Waals surface area contributed by atoms with Gasteiger partial charge in [0, 0.05) is 12.0 Å². The van der Waals surface area contributed by atoms with Crippen LogP contribution < -0.4 is 15.6 Å². The summed E-state index contributed by atoms with van der Waals surface area (Å²) in [7, 11) is 0. The summed E-state index contributed by atoms with van der Waals surface area (Å²) in [5.74, 6) is -1.94. The molecule has 8 heteroatoms. The number of anilines is 1. The first kappa shape index (κ1) is 19.4. The molecule has 0 aromatic heterocycles. The van der Waals surface area contributed by atoms with Gasteiger partial charge in [-0.1, -0.05) is 18.2 Å². The second-order valence-corrected chi connectivity index (χ2v) is 7.22. The van der Waals surface area contributed by atoms with E-state index in [9.17, 15) is 19.5 Å². The summed E-state index contributed by atoms with van der Waals surface area (Å²) in [6.45, 7) is 7.10. The molecule has 8 nitrogen and oxygen atoms in total. The molecule has 1 aromatic rings. The maximum absolute atomic E-state index is 12.4. The fraction of sp³-hybridized carbons (Fsp3) is 0.444. The Balaban J connectivity index is 2.11. The van der Waals surface area contributed by atoms with Gasteiger partial charge in [0.25, 0.3) is 5.91 Å². The van der Waals surface area contributed by atoms with Gasteiger partial charge in [0.2, 0.25) is 5.91 Å². The normalized spacial score (nSPS) is 18.1. The summed E-state index contributed by atoms with van der Waals surface area (Å²) in [5.41, 5.74) is 0.248. The van der Waals surface area contributed by atoms with E-state index in [-0.39, 0.29) is 18.0 Å². The summed E-state index contributed by atoms with van der Waals surface area (Å²) in [5, 5.41) is 20.3. The number of carboxylic acid groups (broad SMARTS) is 1. The van der Waals surface area contributed by atoms with E-state index in [1.165, 1.54) is 5.01 Å². The molecule has 0 aliphatic carbocycles. The zero-order valence-corrected chi connectivity index (χ0v) is 15.3. The topological polar surface area (TPSA) is 111 Å². The molecule has 1 aromatic carbocycles. The second kappa shape index (κ2) is 7.55. The van der Waals surface area contributed by atoms with Crippen molar-refractivity contribution in [1.29, 1.82) is 0 Å². The minimum Gasteiger partial charge on any atom is -0.480 e. The van der Waals surface area contributed by atoms with Gasteiger partial charge in [0.05, 0.1) is 5.69 Å². The summed E-state index contributed by atoms with van der Waals surface area (Å²) < 4.78 is 0. The largest absolute Gasteiger partial charge is 0.480 e. The number of nitrogens with zero attached hydrogens (tertiary/aromatic N) is 2. The van der Waals surface area contributed by atoms with Gasteiger partial charge in [-0.3, -0.25) is 14.6 Å². The molecule has 1 heterocycles. The highest BCUT2D eigenvalue weighted by molar-refractivity contribution is 6.40. The van der Waals surface area contributed by atoms with E-state index in [2.05, 4.69) is 15.7 Å². The van der Waals surface area contributed by atoms with Crippen LogP contribution in [0.25, 0.3) is 0 Å². The number of carbonyl (C=O) groups excluding carboxylic acids is 2. The Morgan fingerprint density at radius 1 is 1.23 bits per heavy atom. The summed E-state index contributed by atoms with van der Waals surface area (Å²) in [6, 6.07) is 7.05. The number of hydrazone groups is 1. The Morgan fingerprint density at radius 2 is 1.85 bits per heavy atom. The molecule has 2 unspecified atom stereocenters. The van der Waals surface area contributed by atoms with Crippen LogP contribution in [0.3, 0.4) is 0 Å². The number of benzene rings is 1. The van der Waals surface area contributed by atoms with Gasteiger partial charge in [-0.25, -0.2) is 4.79 Å². The van der Waals surface area contributed by atoms with Crippen molar-refractivity contribution < 1.29 is 19.5 Å². The first-order chi connectivity index (χ1) is 12.1. The van der Waals surface area contributed by atoms with E-state index in [0.29, 0.717) is 5.69 Å². The Kier molecular flexibility index (Phi) is 5.64. The van der Waals surface area contributed by atoms with E-state index < -0.39 is 29.5 Å². The number of hydrogen-bond donors (Lipinski definition) is 3. The molecular weight excluding hydrogens is 336 g/mol. The van der Waals surface area contributed by atoms with Crippen LogP contribution in [0.5, 0.6) is 0 Å². The first-order valence-electron chi connectivity index (χ1n) is 8.36. The van der Waals surface area contributed by atoms with Crippen LogP contribution >= 0.6 is 0 Å². The molecule has 0 saturated heterocycles. The lowest BCUT2D eigenvalue weighted by atomic mass is 10.1. The standard InChI is InChI=1S/C18H24N4O4/c1-11(15(23)20-18(2,3)4)19-16(24)13-10-14(17(25)26)22(21-13)12-8-6-5-7-9-12/h5-9,11,14H,10H2,1-4H3,(H,19,24)(H,20,23)(H,25,26).